The van der Waals surface area contributed by atoms with Crippen molar-refractivity contribution in [2.45, 2.75) is 25.3 Å². The number of primary amides is 1. The van der Waals surface area contributed by atoms with E-state index in [-0.39, 0.29) is 18.7 Å². The molecule has 0 aromatic heterocycles. The summed E-state index contributed by atoms with van der Waals surface area (Å²) in [5, 5.41) is 15.2. The molecule has 2 atom stereocenters. The zero-order chi connectivity index (χ0) is 24.0. The molecular formula is C24H23N3O6. The molecule has 0 bridgehead atoms. The highest BCUT2D eigenvalue weighted by atomic mass is 16.6. The summed E-state index contributed by atoms with van der Waals surface area (Å²) >= 11 is 0. The van der Waals surface area contributed by atoms with Crippen molar-refractivity contribution in [3.63, 3.8) is 0 Å². The third-order valence-corrected chi connectivity index (χ3v) is 5.25. The number of ether oxygens (including phenoxy) is 1. The van der Waals surface area contributed by atoms with Gasteiger partial charge in [0.05, 0.1) is 18.0 Å². The zero-order valence-corrected chi connectivity index (χ0v) is 17.9. The molecule has 0 aliphatic heterocycles. The lowest BCUT2D eigenvalue weighted by atomic mass is 9.87. The SMILES string of the molecule is CCOC(=O)C[C@H](c1ccc([N+](=O)[O-])cc1)[C@@H](NC(=O)c1cccc2ccccc12)C(N)=O. The van der Waals surface area contributed by atoms with Gasteiger partial charge in [0.1, 0.15) is 6.04 Å². The number of non-ortho nitro benzene ring substituents is 1. The number of benzene rings is 3. The van der Waals surface area contributed by atoms with E-state index in [1.54, 1.807) is 31.2 Å². The maximum Gasteiger partial charge on any atom is 0.306 e. The van der Waals surface area contributed by atoms with Crippen molar-refractivity contribution in [1.29, 1.82) is 0 Å². The molecule has 0 unspecified atom stereocenters. The number of hydrogen-bond acceptors (Lipinski definition) is 6. The first-order valence-electron chi connectivity index (χ1n) is 10.3. The molecule has 3 N–H and O–H groups in total. The van der Waals surface area contributed by atoms with Gasteiger partial charge in [-0.1, -0.05) is 48.5 Å². The average Bonchev–Trinajstić information content (AvgIpc) is 2.80. The van der Waals surface area contributed by atoms with Crippen molar-refractivity contribution in [2.24, 2.45) is 5.73 Å². The summed E-state index contributed by atoms with van der Waals surface area (Å²) in [5.74, 6) is -2.87. The van der Waals surface area contributed by atoms with Gasteiger partial charge in [0.25, 0.3) is 11.6 Å². The minimum absolute atomic E-state index is 0.134. The van der Waals surface area contributed by atoms with Crippen LogP contribution in [0.5, 0.6) is 0 Å². The van der Waals surface area contributed by atoms with Gasteiger partial charge in [-0.25, -0.2) is 0 Å². The van der Waals surface area contributed by atoms with E-state index in [2.05, 4.69) is 5.32 Å². The fourth-order valence-corrected chi connectivity index (χ4v) is 3.68. The van der Waals surface area contributed by atoms with Gasteiger partial charge < -0.3 is 15.8 Å². The Morgan fingerprint density at radius 2 is 1.70 bits per heavy atom. The molecule has 9 heteroatoms. The maximum absolute atomic E-state index is 13.1. The van der Waals surface area contributed by atoms with Crippen LogP contribution in [0.25, 0.3) is 10.8 Å². The summed E-state index contributed by atoms with van der Waals surface area (Å²) in [5.41, 5.74) is 6.25. The number of carbonyl (C=O) groups is 3. The smallest absolute Gasteiger partial charge is 0.306 e. The standard InChI is InChI=1S/C24H23N3O6/c1-2-33-21(28)14-20(16-10-12-17(13-11-16)27(31)32)22(23(25)29)26-24(30)19-9-5-7-15-6-3-4-8-18(15)19/h3-13,20,22H,2,14H2,1H3,(H2,25,29)(H,26,30)/t20-,22-/m1/s1. The van der Waals surface area contributed by atoms with Crippen molar-refractivity contribution < 1.29 is 24.0 Å². The van der Waals surface area contributed by atoms with E-state index in [4.69, 9.17) is 10.5 Å². The summed E-state index contributed by atoms with van der Waals surface area (Å²) in [6, 6.07) is 16.6. The van der Waals surface area contributed by atoms with Gasteiger partial charge in [0, 0.05) is 23.6 Å². The van der Waals surface area contributed by atoms with Crippen LogP contribution in [0.3, 0.4) is 0 Å². The third kappa shape index (κ3) is 5.51. The highest BCUT2D eigenvalue weighted by Gasteiger charge is 2.32. The lowest BCUT2D eigenvalue weighted by Crippen LogP contribution is -2.48. The molecule has 3 rings (SSSR count). The number of rotatable bonds is 9. The number of nitro groups is 1. The third-order valence-electron chi connectivity index (χ3n) is 5.25. The first kappa shape index (κ1) is 23.4. The van der Waals surface area contributed by atoms with Crippen LogP contribution in [0, 0.1) is 10.1 Å². The molecule has 170 valence electrons. The van der Waals surface area contributed by atoms with Crippen LogP contribution < -0.4 is 11.1 Å². The van der Waals surface area contributed by atoms with Crippen LogP contribution in [0.15, 0.2) is 66.7 Å². The molecule has 0 heterocycles. The molecule has 3 aromatic carbocycles. The molecule has 0 saturated heterocycles. The largest absolute Gasteiger partial charge is 0.466 e. The number of nitrogens with zero attached hydrogens (tertiary/aromatic N) is 1. The average molecular weight is 449 g/mol. The van der Waals surface area contributed by atoms with Gasteiger partial charge in [-0.2, -0.15) is 0 Å². The van der Waals surface area contributed by atoms with Crippen LogP contribution in [0.1, 0.15) is 35.2 Å². The number of hydrogen-bond donors (Lipinski definition) is 2. The fourth-order valence-electron chi connectivity index (χ4n) is 3.68. The lowest BCUT2D eigenvalue weighted by Gasteiger charge is -2.26. The summed E-state index contributed by atoms with van der Waals surface area (Å²) in [6.45, 7) is 1.78. The van der Waals surface area contributed by atoms with Crippen LogP contribution in [0.4, 0.5) is 5.69 Å². The molecule has 9 nitrogen and oxygen atoms in total. The number of carbonyl (C=O) groups excluding carboxylic acids is 3. The molecule has 0 aliphatic rings. The first-order chi connectivity index (χ1) is 15.8. The summed E-state index contributed by atoms with van der Waals surface area (Å²) in [7, 11) is 0. The van der Waals surface area contributed by atoms with E-state index < -0.39 is 34.7 Å². The van der Waals surface area contributed by atoms with Gasteiger partial charge in [-0.3, -0.25) is 24.5 Å². The Morgan fingerprint density at radius 3 is 2.33 bits per heavy atom. The monoisotopic (exact) mass is 449 g/mol. The first-order valence-corrected chi connectivity index (χ1v) is 10.3. The van der Waals surface area contributed by atoms with Gasteiger partial charge in [0.15, 0.2) is 0 Å². The van der Waals surface area contributed by atoms with Crippen molar-refractivity contribution in [2.75, 3.05) is 6.61 Å². The molecule has 0 aliphatic carbocycles. The Bertz CT molecular complexity index is 1190. The summed E-state index contributed by atoms with van der Waals surface area (Å²) in [4.78, 5) is 48.2. The summed E-state index contributed by atoms with van der Waals surface area (Å²) in [6.07, 6.45) is -0.255. The number of fused-ring (bicyclic) bond motifs is 1. The van der Waals surface area contributed by atoms with Gasteiger partial charge in [0.2, 0.25) is 5.91 Å². The topological polar surface area (TPSA) is 142 Å². The number of nitro benzene ring substituents is 1. The molecule has 2 amide bonds. The maximum atomic E-state index is 13.1. The molecule has 0 fully saturated rings. The second kappa shape index (κ2) is 10.4. The van der Waals surface area contributed by atoms with Crippen molar-refractivity contribution >= 4 is 34.2 Å². The number of nitrogens with one attached hydrogen (secondary N) is 1. The molecular weight excluding hydrogens is 426 g/mol. The normalized spacial score (nSPS) is 12.5. The van der Waals surface area contributed by atoms with Crippen LogP contribution >= 0.6 is 0 Å². The number of nitrogens with two attached hydrogens (primary N) is 1. The molecule has 0 radical (unpaired) electrons. The number of esters is 1. The van der Waals surface area contributed by atoms with Gasteiger partial charge >= 0.3 is 5.97 Å². The van der Waals surface area contributed by atoms with E-state index in [9.17, 15) is 24.5 Å². The Balaban J connectivity index is 1.97. The second-order valence-corrected chi connectivity index (χ2v) is 7.34. The lowest BCUT2D eigenvalue weighted by molar-refractivity contribution is -0.384. The Kier molecular flexibility index (Phi) is 7.34. The zero-order valence-electron chi connectivity index (χ0n) is 17.9. The minimum Gasteiger partial charge on any atom is -0.466 e. The molecule has 33 heavy (non-hydrogen) atoms. The van der Waals surface area contributed by atoms with Crippen molar-refractivity contribution in [3.05, 3.63) is 88.0 Å². The Morgan fingerprint density at radius 1 is 1.03 bits per heavy atom. The second-order valence-electron chi connectivity index (χ2n) is 7.34. The predicted molar refractivity (Wildman–Crippen MR) is 121 cm³/mol. The van der Waals surface area contributed by atoms with Crippen LogP contribution in [0.2, 0.25) is 0 Å². The predicted octanol–water partition coefficient (Wildman–Crippen LogP) is 3.07. The van der Waals surface area contributed by atoms with Crippen LogP contribution in [-0.2, 0) is 14.3 Å². The van der Waals surface area contributed by atoms with Crippen molar-refractivity contribution in [3.8, 4) is 0 Å². The van der Waals surface area contributed by atoms with E-state index in [0.717, 1.165) is 5.39 Å². The highest BCUT2D eigenvalue weighted by Crippen LogP contribution is 2.27. The molecule has 0 spiro atoms. The highest BCUT2D eigenvalue weighted by molar-refractivity contribution is 6.08. The van der Waals surface area contributed by atoms with Crippen molar-refractivity contribution in [1.82, 2.24) is 5.32 Å². The molecule has 0 saturated carbocycles. The molecule has 3 aromatic rings. The fraction of sp³-hybridized carbons (Fsp3) is 0.208. The van der Waals surface area contributed by atoms with E-state index >= 15 is 0 Å². The Labute approximate surface area is 189 Å². The van der Waals surface area contributed by atoms with Gasteiger partial charge in [-0.05, 0) is 29.3 Å². The van der Waals surface area contributed by atoms with Crippen LogP contribution in [-0.4, -0.2) is 35.4 Å². The Hall–Kier alpha value is -4.27. The van der Waals surface area contributed by atoms with E-state index in [1.807, 2.05) is 18.2 Å². The quantitative estimate of drug-likeness (QED) is 0.292. The van der Waals surface area contributed by atoms with Gasteiger partial charge in [-0.15, -0.1) is 0 Å². The number of amides is 2. The summed E-state index contributed by atoms with van der Waals surface area (Å²) < 4.78 is 5.02. The van der Waals surface area contributed by atoms with E-state index in [1.165, 1.54) is 24.3 Å². The van der Waals surface area contributed by atoms with E-state index in [0.29, 0.717) is 16.5 Å². The minimum atomic E-state index is -1.26.